The van der Waals surface area contributed by atoms with Crippen molar-refractivity contribution in [2.24, 2.45) is 0 Å². The molecule has 0 bridgehead atoms. The molecule has 0 saturated heterocycles. The molecule has 152 valence electrons. The molecule has 0 aliphatic carbocycles. The third-order valence-electron chi connectivity index (χ3n) is 3.98. The van der Waals surface area contributed by atoms with Gasteiger partial charge in [-0.2, -0.15) is 0 Å². The molecule has 2 aromatic rings. The van der Waals surface area contributed by atoms with E-state index in [0.29, 0.717) is 36.8 Å². The second-order valence-electron chi connectivity index (χ2n) is 6.28. The van der Waals surface area contributed by atoms with Crippen molar-refractivity contribution in [3.8, 4) is 11.5 Å². The summed E-state index contributed by atoms with van der Waals surface area (Å²) in [6.45, 7) is 2.49. The molecule has 7 nitrogen and oxygen atoms in total. The van der Waals surface area contributed by atoms with Gasteiger partial charge in [0.15, 0.2) is 0 Å². The number of benzene rings is 2. The van der Waals surface area contributed by atoms with Crippen molar-refractivity contribution >= 4 is 21.6 Å². The van der Waals surface area contributed by atoms with E-state index in [1.807, 2.05) is 30.3 Å². The Bertz CT molecular complexity index is 854. The van der Waals surface area contributed by atoms with Crippen LogP contribution in [0.4, 0.5) is 5.69 Å². The Morgan fingerprint density at radius 3 is 2.25 bits per heavy atom. The van der Waals surface area contributed by atoms with Crippen LogP contribution in [-0.2, 0) is 19.6 Å². The Morgan fingerprint density at radius 1 is 1.07 bits per heavy atom. The molecule has 0 aliphatic heterocycles. The number of carbonyl (C=O) groups is 1. The van der Waals surface area contributed by atoms with Crippen LogP contribution in [0.15, 0.2) is 54.6 Å². The molecule has 2 aromatic carbocycles. The molecular weight excluding hydrogens is 380 g/mol. The van der Waals surface area contributed by atoms with E-state index in [1.54, 1.807) is 38.3 Å². The van der Waals surface area contributed by atoms with E-state index in [1.165, 1.54) is 0 Å². The third kappa shape index (κ3) is 6.24. The van der Waals surface area contributed by atoms with Gasteiger partial charge in [0, 0.05) is 20.3 Å². The number of methoxy groups -OCH3 is 1. The number of nitrogens with zero attached hydrogens (tertiary/aromatic N) is 1. The van der Waals surface area contributed by atoms with Gasteiger partial charge < -0.3 is 14.8 Å². The molecule has 0 aromatic heterocycles. The fourth-order valence-corrected chi connectivity index (χ4v) is 3.85. The molecule has 1 atom stereocenters. The van der Waals surface area contributed by atoms with Gasteiger partial charge in [-0.05, 0) is 49.7 Å². The summed E-state index contributed by atoms with van der Waals surface area (Å²) in [5.74, 6) is 0.880. The van der Waals surface area contributed by atoms with Gasteiger partial charge in [0.1, 0.15) is 17.5 Å². The molecular formula is C20H26N2O5S. The molecule has 0 saturated carbocycles. The van der Waals surface area contributed by atoms with Crippen LogP contribution in [0, 0.1) is 0 Å². The van der Waals surface area contributed by atoms with Crippen LogP contribution in [0.2, 0.25) is 0 Å². The minimum Gasteiger partial charge on any atom is -0.457 e. The first kappa shape index (κ1) is 21.7. The van der Waals surface area contributed by atoms with Gasteiger partial charge in [0.25, 0.3) is 0 Å². The predicted octanol–water partition coefficient (Wildman–Crippen LogP) is 2.79. The fourth-order valence-electron chi connectivity index (χ4n) is 2.67. The van der Waals surface area contributed by atoms with Gasteiger partial charge in [-0.15, -0.1) is 0 Å². The smallest absolute Gasteiger partial charge is 0.243 e. The van der Waals surface area contributed by atoms with E-state index < -0.39 is 16.1 Å². The van der Waals surface area contributed by atoms with Crippen molar-refractivity contribution in [1.29, 1.82) is 0 Å². The number of ether oxygens (including phenoxy) is 2. The van der Waals surface area contributed by atoms with Crippen LogP contribution >= 0.6 is 0 Å². The number of hydrogen-bond donors (Lipinski definition) is 1. The lowest BCUT2D eigenvalue weighted by molar-refractivity contribution is -0.121. The number of anilines is 1. The third-order valence-corrected chi connectivity index (χ3v) is 5.22. The monoisotopic (exact) mass is 406 g/mol. The van der Waals surface area contributed by atoms with Gasteiger partial charge in [0.2, 0.25) is 15.9 Å². The van der Waals surface area contributed by atoms with Gasteiger partial charge >= 0.3 is 0 Å². The van der Waals surface area contributed by atoms with E-state index >= 15 is 0 Å². The van der Waals surface area contributed by atoms with Crippen molar-refractivity contribution in [3.05, 3.63) is 54.6 Å². The lowest BCUT2D eigenvalue weighted by Gasteiger charge is -2.28. The first-order valence-corrected chi connectivity index (χ1v) is 10.8. The summed E-state index contributed by atoms with van der Waals surface area (Å²) < 4.78 is 36.4. The Kier molecular flexibility index (Phi) is 7.83. The Hall–Kier alpha value is -2.58. The second kappa shape index (κ2) is 10.1. The minimum absolute atomic E-state index is 0.369. The summed E-state index contributed by atoms with van der Waals surface area (Å²) >= 11 is 0. The van der Waals surface area contributed by atoms with E-state index in [4.69, 9.17) is 9.47 Å². The van der Waals surface area contributed by atoms with Crippen LogP contribution in [0.5, 0.6) is 11.5 Å². The molecule has 0 unspecified atom stereocenters. The highest BCUT2D eigenvalue weighted by atomic mass is 32.2. The van der Waals surface area contributed by atoms with Crippen LogP contribution in [-0.4, -0.2) is 46.9 Å². The molecule has 0 radical (unpaired) electrons. The fraction of sp³-hybridized carbons (Fsp3) is 0.350. The summed E-state index contributed by atoms with van der Waals surface area (Å²) in [4.78, 5) is 12.4. The van der Waals surface area contributed by atoms with E-state index in [0.717, 1.165) is 10.6 Å². The predicted molar refractivity (Wildman–Crippen MR) is 109 cm³/mol. The largest absolute Gasteiger partial charge is 0.457 e. The molecule has 1 N–H and O–H groups in total. The van der Waals surface area contributed by atoms with Crippen molar-refractivity contribution in [2.45, 2.75) is 19.4 Å². The van der Waals surface area contributed by atoms with Crippen LogP contribution in [0.1, 0.15) is 13.3 Å². The van der Waals surface area contributed by atoms with E-state index in [-0.39, 0.29) is 5.91 Å². The zero-order chi connectivity index (χ0) is 20.6. The Balaban J connectivity index is 2.13. The van der Waals surface area contributed by atoms with E-state index in [2.05, 4.69) is 5.32 Å². The maximum absolute atomic E-state index is 12.4. The van der Waals surface area contributed by atoms with Crippen molar-refractivity contribution in [3.63, 3.8) is 0 Å². The highest BCUT2D eigenvalue weighted by molar-refractivity contribution is 7.92. The normalized spacial score (nSPS) is 12.2. The SMILES string of the molecule is COCCCNC(=O)[C@H](C)N(c1ccc(Oc2ccccc2)cc1)S(C)(=O)=O. The maximum atomic E-state index is 12.4. The van der Waals surface area contributed by atoms with E-state index in [9.17, 15) is 13.2 Å². The topological polar surface area (TPSA) is 84.9 Å². The molecule has 1 amide bonds. The van der Waals surface area contributed by atoms with Gasteiger partial charge in [-0.25, -0.2) is 8.42 Å². The average molecular weight is 407 g/mol. The van der Waals surface area contributed by atoms with Crippen LogP contribution in [0.25, 0.3) is 0 Å². The number of nitrogens with one attached hydrogen (secondary N) is 1. The zero-order valence-corrected chi connectivity index (χ0v) is 17.1. The standard InChI is InChI=1S/C20H26N2O5S/c1-16(20(23)21-14-7-15-26-2)22(28(3,24)25)17-10-12-19(13-11-17)27-18-8-5-4-6-9-18/h4-6,8-13,16H,7,14-15H2,1-3H3,(H,21,23)/t16-/m0/s1. The first-order valence-electron chi connectivity index (χ1n) is 8.92. The summed E-state index contributed by atoms with van der Waals surface area (Å²) in [6.07, 6.45) is 1.73. The lowest BCUT2D eigenvalue weighted by atomic mass is 10.2. The van der Waals surface area contributed by atoms with Crippen LogP contribution in [0.3, 0.4) is 0 Å². The molecule has 0 spiro atoms. The molecule has 0 aliphatic rings. The van der Waals surface area contributed by atoms with Crippen LogP contribution < -0.4 is 14.4 Å². The minimum atomic E-state index is -3.66. The van der Waals surface area contributed by atoms with Crippen molar-refractivity contribution in [1.82, 2.24) is 5.32 Å². The first-order chi connectivity index (χ1) is 13.3. The Labute approximate surface area is 166 Å². The highest BCUT2D eigenvalue weighted by Gasteiger charge is 2.28. The lowest BCUT2D eigenvalue weighted by Crippen LogP contribution is -2.48. The van der Waals surface area contributed by atoms with Gasteiger partial charge in [0.05, 0.1) is 11.9 Å². The summed E-state index contributed by atoms with van der Waals surface area (Å²) in [5.41, 5.74) is 0.391. The number of sulfonamides is 1. The molecule has 0 fully saturated rings. The molecule has 2 rings (SSSR count). The number of para-hydroxylation sites is 1. The molecule has 8 heteroatoms. The van der Waals surface area contributed by atoms with Crippen molar-refractivity contribution < 1.29 is 22.7 Å². The summed E-state index contributed by atoms with van der Waals surface area (Å²) in [5, 5.41) is 2.73. The number of hydrogen-bond acceptors (Lipinski definition) is 5. The zero-order valence-electron chi connectivity index (χ0n) is 16.3. The highest BCUT2D eigenvalue weighted by Crippen LogP contribution is 2.26. The quantitative estimate of drug-likeness (QED) is 0.613. The van der Waals surface area contributed by atoms with Crippen molar-refractivity contribution in [2.75, 3.05) is 30.8 Å². The number of amides is 1. The van der Waals surface area contributed by atoms with Gasteiger partial charge in [-0.3, -0.25) is 9.10 Å². The summed E-state index contributed by atoms with van der Waals surface area (Å²) in [6, 6.07) is 15.0. The number of carbonyl (C=O) groups excluding carboxylic acids is 1. The molecule has 28 heavy (non-hydrogen) atoms. The maximum Gasteiger partial charge on any atom is 0.243 e. The second-order valence-corrected chi connectivity index (χ2v) is 8.14. The average Bonchev–Trinajstić information content (AvgIpc) is 2.66. The Morgan fingerprint density at radius 2 is 1.68 bits per heavy atom. The van der Waals surface area contributed by atoms with Gasteiger partial charge in [-0.1, -0.05) is 18.2 Å². The summed E-state index contributed by atoms with van der Waals surface area (Å²) in [7, 11) is -2.08. The number of rotatable bonds is 10. The molecule has 0 heterocycles.